The van der Waals surface area contributed by atoms with Crippen LogP contribution in [0.25, 0.3) is 0 Å². The van der Waals surface area contributed by atoms with Gasteiger partial charge in [0.2, 0.25) is 0 Å². The zero-order valence-electron chi connectivity index (χ0n) is 33.7. The number of carbonyl (C=O) groups excluding carboxylic acids is 5. The number of nitrogens with zero attached hydrogens (tertiary/aromatic N) is 1. The van der Waals surface area contributed by atoms with Crippen molar-refractivity contribution in [2.24, 2.45) is 5.90 Å². The van der Waals surface area contributed by atoms with Gasteiger partial charge in [-0.1, -0.05) is 36.5 Å². The fourth-order valence-electron chi connectivity index (χ4n) is 2.91. The maximum Gasteiger partial charge on any atom is 1.00 e. The van der Waals surface area contributed by atoms with Crippen LogP contribution >= 0.6 is 12.4 Å². The number of nitrogens with two attached hydrogens (primary N) is 1. The van der Waals surface area contributed by atoms with Crippen LogP contribution in [0.15, 0.2) is 36.5 Å². The second-order valence-electron chi connectivity index (χ2n) is 13.6. The Morgan fingerprint density at radius 3 is 1.40 bits per heavy atom. The molecule has 3 rings (SSSR count). The van der Waals surface area contributed by atoms with E-state index < -0.39 is 46.9 Å². The van der Waals surface area contributed by atoms with Gasteiger partial charge in [-0.25, -0.2) is 30.6 Å². The molecule has 18 nitrogen and oxygen atoms in total. The van der Waals surface area contributed by atoms with Crippen molar-refractivity contribution in [2.45, 2.75) is 130 Å². The number of rotatable bonds is 1. The molecule has 0 aromatic rings. The van der Waals surface area contributed by atoms with Gasteiger partial charge in [-0.2, -0.15) is 5.06 Å². The first-order valence-corrected chi connectivity index (χ1v) is 14.8. The van der Waals surface area contributed by atoms with Crippen LogP contribution in [0, 0.1) is 0 Å². The third-order valence-electron chi connectivity index (χ3n) is 4.28. The van der Waals surface area contributed by atoms with Crippen molar-refractivity contribution in [3.05, 3.63) is 36.5 Å². The van der Waals surface area contributed by atoms with Gasteiger partial charge in [0.15, 0.2) is 0 Å². The molecule has 0 aromatic carbocycles. The van der Waals surface area contributed by atoms with Gasteiger partial charge in [-0.3, -0.25) is 14.8 Å². The number of hydrogen-bond donors (Lipinski definition) is 4. The molecule has 5 N–H and O–H groups in total. The van der Waals surface area contributed by atoms with Crippen LogP contribution in [-0.4, -0.2) is 81.0 Å². The second-order valence-corrected chi connectivity index (χ2v) is 13.6. The summed E-state index contributed by atoms with van der Waals surface area (Å²) in [5.41, 5.74) is -1.05. The van der Waals surface area contributed by atoms with Crippen molar-refractivity contribution in [1.29, 1.82) is 0 Å². The quantitative estimate of drug-likeness (QED) is 0.0299. The number of fused-ring (bicyclic) bond motifs is 2. The molecule has 1 aliphatic heterocycles. The van der Waals surface area contributed by atoms with E-state index in [1.54, 1.807) is 62.3 Å². The first kappa shape index (κ1) is 62.1. The molecular formula is C31H56ClN3Na2O15. The van der Waals surface area contributed by atoms with Crippen LogP contribution in [0.1, 0.15) is 97.4 Å². The molecule has 0 saturated carbocycles. The number of hydrogen-bond acceptors (Lipinski definition) is 16. The molecule has 294 valence electrons. The minimum Gasteiger partial charge on any atom is -1.00 e. The van der Waals surface area contributed by atoms with Crippen LogP contribution in [0.4, 0.5) is 19.2 Å². The van der Waals surface area contributed by atoms with Gasteiger partial charge in [-0.05, 0) is 89.5 Å². The number of allylic oxidation sites excluding steroid dienone is 4. The van der Waals surface area contributed by atoms with Crippen LogP contribution < -0.4 is 75.7 Å². The first-order chi connectivity index (χ1) is 22.3. The van der Waals surface area contributed by atoms with E-state index in [0.29, 0.717) is 0 Å². The Labute approximate surface area is 358 Å². The first-order valence-electron chi connectivity index (χ1n) is 14.8. The molecular weight excluding hydrogens is 736 g/mol. The third kappa shape index (κ3) is 40.8. The molecule has 3 aliphatic rings. The van der Waals surface area contributed by atoms with E-state index in [1.165, 1.54) is 10.5 Å². The molecule has 2 aliphatic carbocycles. The van der Waals surface area contributed by atoms with Crippen molar-refractivity contribution < 1.29 is 134 Å². The standard InChI is InChI=1S/C10H15NO3.C10H18O5.C5H11NO3.C5H6.CH2O3.ClH.H3NO.2Na.H/c1-10(2,3)13-9(12)11-7-4-5-8(6-7)14-11;1-9(2,3)14-7(11)13-8(12)15-10(4,5)6;1-5(2,3)9-4(7)6-8;1-2-4-5-3-1;2-1-4-3;;1-2;;;/h4-5,7-8H,6H2,1-3H3;1-6H3;8H,1-3H3,(H,6,7);1-4H,5H2;1,3H;1H;2H,1H2;;;/q;;;;;;;2*+1;-1/p-1. The molecule has 2 unspecified atom stereocenters. The Hall–Kier alpha value is -1.94. The average Bonchev–Trinajstić information content (AvgIpc) is 3.72. The minimum atomic E-state index is -1.06. The summed E-state index contributed by atoms with van der Waals surface area (Å²) in [5.74, 6) is 3.50. The maximum absolute atomic E-state index is 11.6. The Morgan fingerprint density at radius 1 is 0.808 bits per heavy atom. The molecule has 0 radical (unpaired) electrons. The van der Waals surface area contributed by atoms with Gasteiger partial charge < -0.3 is 40.5 Å². The number of halogens is 1. The molecule has 2 atom stereocenters. The molecule has 0 aromatic heterocycles. The zero-order chi connectivity index (χ0) is 39.1. The number of carbonyl (C=O) groups is 5. The fourth-order valence-corrected chi connectivity index (χ4v) is 2.91. The summed E-state index contributed by atoms with van der Waals surface area (Å²) in [5, 5.41) is 24.2. The van der Waals surface area contributed by atoms with Crippen LogP contribution in [0.3, 0.4) is 0 Å². The number of hydroxylamine groups is 3. The van der Waals surface area contributed by atoms with Gasteiger partial charge in [0, 0.05) is 6.42 Å². The monoisotopic (exact) mass is 791 g/mol. The second kappa shape index (κ2) is 31.4. The summed E-state index contributed by atoms with van der Waals surface area (Å²) < 4.78 is 23.6. The molecule has 21 heteroatoms. The minimum absolute atomic E-state index is 0. The normalized spacial score (nSPS) is 15.5. The summed E-state index contributed by atoms with van der Waals surface area (Å²) in [7, 11) is 0. The van der Waals surface area contributed by atoms with E-state index in [0.717, 1.165) is 12.8 Å². The molecule has 2 amide bonds. The number of ether oxygens (including phenoxy) is 5. The summed E-state index contributed by atoms with van der Waals surface area (Å²) in [6.07, 6.45) is 11.0. The van der Waals surface area contributed by atoms with Crippen molar-refractivity contribution in [3.63, 3.8) is 0 Å². The van der Waals surface area contributed by atoms with E-state index in [4.69, 9.17) is 39.5 Å². The maximum atomic E-state index is 11.6. The van der Waals surface area contributed by atoms with Crippen molar-refractivity contribution in [2.75, 3.05) is 0 Å². The average molecular weight is 792 g/mol. The van der Waals surface area contributed by atoms with Crippen LogP contribution in [0.2, 0.25) is 0 Å². The SMILES string of the molecule is C1=CCC=C1.CC(C)(C)OC(=O)N1OC2C=CC1C2.CC(C)(C)OC(=O)NO.CC(C)(C)OC(=O)OC(=O)OC(C)(C)C.Cl.NO.O=CO[O-].[H-].[Na+].[Na+]. The summed E-state index contributed by atoms with van der Waals surface area (Å²) >= 11 is 0. The molecule has 2 bridgehead atoms. The zero-order valence-corrected chi connectivity index (χ0v) is 37.6. The van der Waals surface area contributed by atoms with E-state index in [9.17, 15) is 19.2 Å². The van der Waals surface area contributed by atoms with E-state index in [-0.39, 0.29) is 91.6 Å². The van der Waals surface area contributed by atoms with Crippen molar-refractivity contribution in [1.82, 2.24) is 10.5 Å². The molecule has 52 heavy (non-hydrogen) atoms. The van der Waals surface area contributed by atoms with E-state index >= 15 is 0 Å². The Kier molecular flexibility index (Phi) is 37.5. The molecule has 1 fully saturated rings. The topological polar surface area (TPSA) is 255 Å². The largest absolute Gasteiger partial charge is 1.00 e. The Bertz CT molecular complexity index is 1070. The van der Waals surface area contributed by atoms with E-state index in [1.807, 2.05) is 32.9 Å². The van der Waals surface area contributed by atoms with Gasteiger partial charge in [0.05, 0.1) is 6.04 Å². The molecule has 1 heterocycles. The van der Waals surface area contributed by atoms with Crippen molar-refractivity contribution >= 4 is 43.4 Å². The Balaban J connectivity index is -0.000000103. The third-order valence-corrected chi connectivity index (χ3v) is 4.28. The van der Waals surface area contributed by atoms with Gasteiger partial charge in [0.1, 0.15) is 28.5 Å². The molecule has 1 saturated heterocycles. The number of amides is 2. The van der Waals surface area contributed by atoms with Crippen LogP contribution in [-0.2, 0) is 38.2 Å². The Morgan fingerprint density at radius 2 is 1.19 bits per heavy atom. The summed E-state index contributed by atoms with van der Waals surface area (Å²) in [6, 6.07) is 0.0647. The molecule has 0 spiro atoms. The smallest absolute Gasteiger partial charge is 1.00 e. The van der Waals surface area contributed by atoms with Gasteiger partial charge in [0.25, 0.3) is 6.47 Å². The number of nitrogens with one attached hydrogen (secondary N) is 1. The predicted molar refractivity (Wildman–Crippen MR) is 180 cm³/mol. The van der Waals surface area contributed by atoms with E-state index in [2.05, 4.69) is 44.6 Å². The predicted octanol–water partition coefficient (Wildman–Crippen LogP) is -0.547. The van der Waals surface area contributed by atoms with Gasteiger partial charge in [-0.15, -0.1) is 12.4 Å². The summed E-state index contributed by atoms with van der Waals surface area (Å²) in [4.78, 5) is 60.4. The summed E-state index contributed by atoms with van der Waals surface area (Å²) in [6.45, 7) is 20.5. The van der Waals surface area contributed by atoms with Crippen LogP contribution in [0.5, 0.6) is 0 Å². The van der Waals surface area contributed by atoms with Crippen molar-refractivity contribution in [3.8, 4) is 0 Å². The van der Waals surface area contributed by atoms with Gasteiger partial charge >= 0.3 is 83.6 Å². The fraction of sp³-hybridized carbons (Fsp3) is 0.645.